The highest BCUT2D eigenvalue weighted by atomic mass is 127. The zero-order chi connectivity index (χ0) is 14.1. The van der Waals surface area contributed by atoms with Gasteiger partial charge in [0.1, 0.15) is 0 Å². The van der Waals surface area contributed by atoms with Crippen LogP contribution in [0.2, 0.25) is 0 Å². The second-order valence-electron chi connectivity index (χ2n) is 4.74. The molecule has 1 rings (SSSR count). The fraction of sp³-hybridized carbons (Fsp3) is 0.571. The Morgan fingerprint density at radius 3 is 2.47 bits per heavy atom. The Bertz CT molecular complexity index is 448. The van der Waals surface area contributed by atoms with Crippen molar-refractivity contribution in [3.63, 3.8) is 0 Å². The van der Waals surface area contributed by atoms with E-state index in [2.05, 4.69) is 27.3 Å². The van der Waals surface area contributed by atoms with Gasteiger partial charge in [-0.05, 0) is 28.8 Å². The molecule has 0 aliphatic carbocycles. The molecule has 1 N–H and O–H groups in total. The Hall–Kier alpha value is -0.140. The SMILES string of the molecule is CC(CS(=O)(=O)NCCCCCI)c1ccccc1. The van der Waals surface area contributed by atoms with E-state index in [-0.39, 0.29) is 11.7 Å². The lowest BCUT2D eigenvalue weighted by Gasteiger charge is -2.13. The summed E-state index contributed by atoms with van der Waals surface area (Å²) >= 11 is 2.34. The number of halogens is 1. The molecule has 0 aliphatic rings. The standard InChI is InChI=1S/C14H22INO2S/c1-13(14-8-4-2-5-9-14)12-19(17,18)16-11-7-3-6-10-15/h2,4-5,8-9,13,16H,3,6-7,10-12H2,1H3. The Balaban J connectivity index is 2.38. The van der Waals surface area contributed by atoms with Crippen molar-refractivity contribution < 1.29 is 8.42 Å². The number of benzene rings is 1. The molecule has 108 valence electrons. The highest BCUT2D eigenvalue weighted by molar-refractivity contribution is 14.1. The van der Waals surface area contributed by atoms with Gasteiger partial charge in [-0.2, -0.15) is 0 Å². The normalized spacial score (nSPS) is 13.4. The molecule has 1 aromatic carbocycles. The van der Waals surface area contributed by atoms with Crippen molar-refractivity contribution in [3.05, 3.63) is 35.9 Å². The predicted molar refractivity (Wildman–Crippen MR) is 89.4 cm³/mol. The minimum atomic E-state index is -3.17. The van der Waals surface area contributed by atoms with Crippen LogP contribution in [0.15, 0.2) is 30.3 Å². The van der Waals surface area contributed by atoms with E-state index in [9.17, 15) is 8.42 Å². The topological polar surface area (TPSA) is 46.2 Å². The van der Waals surface area contributed by atoms with Gasteiger partial charge in [-0.1, -0.05) is 66.3 Å². The smallest absolute Gasteiger partial charge is 0.212 e. The number of unbranched alkanes of at least 4 members (excludes halogenated alkanes) is 2. The summed E-state index contributed by atoms with van der Waals surface area (Å²) in [6.45, 7) is 2.51. The van der Waals surface area contributed by atoms with Crippen LogP contribution in [-0.4, -0.2) is 25.1 Å². The quantitative estimate of drug-likeness (QED) is 0.396. The molecular formula is C14H22INO2S. The van der Waals surface area contributed by atoms with Gasteiger partial charge < -0.3 is 0 Å². The van der Waals surface area contributed by atoms with Gasteiger partial charge in [-0.15, -0.1) is 0 Å². The summed E-state index contributed by atoms with van der Waals surface area (Å²) in [5, 5.41) is 0. The van der Waals surface area contributed by atoms with E-state index >= 15 is 0 Å². The first-order valence-corrected chi connectivity index (χ1v) is 9.81. The minimum Gasteiger partial charge on any atom is -0.215 e. The lowest BCUT2D eigenvalue weighted by atomic mass is 10.0. The van der Waals surface area contributed by atoms with Crippen molar-refractivity contribution >= 4 is 32.6 Å². The van der Waals surface area contributed by atoms with Crippen LogP contribution in [0.4, 0.5) is 0 Å². The van der Waals surface area contributed by atoms with E-state index in [4.69, 9.17) is 0 Å². The predicted octanol–water partition coefficient (Wildman–Crippen LogP) is 3.31. The second-order valence-corrected chi connectivity index (χ2v) is 7.67. The number of sulfonamides is 1. The lowest BCUT2D eigenvalue weighted by Crippen LogP contribution is -2.29. The van der Waals surface area contributed by atoms with Gasteiger partial charge in [-0.25, -0.2) is 13.1 Å². The Morgan fingerprint density at radius 1 is 1.16 bits per heavy atom. The molecule has 1 atom stereocenters. The van der Waals surface area contributed by atoms with E-state index < -0.39 is 10.0 Å². The van der Waals surface area contributed by atoms with Gasteiger partial charge >= 0.3 is 0 Å². The maximum absolute atomic E-state index is 11.9. The first kappa shape index (κ1) is 16.9. The molecule has 1 unspecified atom stereocenters. The minimum absolute atomic E-state index is 0.0213. The molecule has 19 heavy (non-hydrogen) atoms. The molecule has 0 bridgehead atoms. The molecule has 0 saturated carbocycles. The zero-order valence-electron chi connectivity index (χ0n) is 11.3. The van der Waals surface area contributed by atoms with Crippen LogP contribution in [0.1, 0.15) is 37.7 Å². The maximum atomic E-state index is 11.9. The number of rotatable bonds is 9. The van der Waals surface area contributed by atoms with Crippen molar-refractivity contribution in [1.29, 1.82) is 0 Å². The summed E-state index contributed by atoms with van der Waals surface area (Å²) in [5.74, 6) is 0.177. The summed E-state index contributed by atoms with van der Waals surface area (Å²) in [4.78, 5) is 0. The molecule has 0 aromatic heterocycles. The van der Waals surface area contributed by atoms with E-state index in [0.29, 0.717) is 6.54 Å². The monoisotopic (exact) mass is 395 g/mol. The maximum Gasteiger partial charge on any atom is 0.212 e. The van der Waals surface area contributed by atoms with E-state index in [1.54, 1.807) is 0 Å². The van der Waals surface area contributed by atoms with Crippen molar-refractivity contribution in [3.8, 4) is 0 Å². The van der Waals surface area contributed by atoms with Crippen LogP contribution in [0.5, 0.6) is 0 Å². The third kappa shape index (κ3) is 7.27. The van der Waals surface area contributed by atoms with Gasteiger partial charge in [0.2, 0.25) is 10.0 Å². The second kappa shape index (κ2) is 8.92. The molecule has 0 fully saturated rings. The fourth-order valence-corrected chi connectivity index (χ4v) is 3.85. The highest BCUT2D eigenvalue weighted by Crippen LogP contribution is 2.16. The summed E-state index contributed by atoms with van der Waals surface area (Å²) in [7, 11) is -3.17. The molecule has 1 aromatic rings. The first-order chi connectivity index (χ1) is 9.05. The van der Waals surface area contributed by atoms with Gasteiger partial charge in [0.25, 0.3) is 0 Å². The van der Waals surface area contributed by atoms with Crippen molar-refractivity contribution in [2.75, 3.05) is 16.7 Å². The summed E-state index contributed by atoms with van der Waals surface area (Å²) in [6.07, 6.45) is 3.16. The molecule has 0 radical (unpaired) electrons. The van der Waals surface area contributed by atoms with Gasteiger partial charge in [0.05, 0.1) is 5.75 Å². The molecule has 0 spiro atoms. The van der Waals surface area contributed by atoms with Gasteiger partial charge in [0, 0.05) is 6.54 Å². The van der Waals surface area contributed by atoms with Crippen molar-refractivity contribution in [1.82, 2.24) is 4.72 Å². The van der Waals surface area contributed by atoms with Gasteiger partial charge in [0.15, 0.2) is 0 Å². The van der Waals surface area contributed by atoms with E-state index in [1.807, 2.05) is 37.3 Å². The van der Waals surface area contributed by atoms with Crippen molar-refractivity contribution in [2.45, 2.75) is 32.1 Å². The van der Waals surface area contributed by atoms with Crippen LogP contribution >= 0.6 is 22.6 Å². The van der Waals surface area contributed by atoms with Crippen LogP contribution < -0.4 is 4.72 Å². The first-order valence-electron chi connectivity index (χ1n) is 6.63. The number of hydrogen-bond donors (Lipinski definition) is 1. The van der Waals surface area contributed by atoms with Crippen LogP contribution in [0.3, 0.4) is 0 Å². The lowest BCUT2D eigenvalue weighted by molar-refractivity contribution is 0.571. The molecular weight excluding hydrogens is 373 g/mol. The fourth-order valence-electron chi connectivity index (χ4n) is 1.89. The van der Waals surface area contributed by atoms with Crippen LogP contribution in [0.25, 0.3) is 0 Å². The highest BCUT2D eigenvalue weighted by Gasteiger charge is 2.16. The largest absolute Gasteiger partial charge is 0.215 e. The van der Waals surface area contributed by atoms with E-state index in [0.717, 1.165) is 29.3 Å². The molecule has 0 heterocycles. The van der Waals surface area contributed by atoms with Crippen LogP contribution in [-0.2, 0) is 10.0 Å². The average Bonchev–Trinajstić information content (AvgIpc) is 2.39. The number of hydrogen-bond acceptors (Lipinski definition) is 2. The third-order valence-corrected chi connectivity index (χ3v) is 5.32. The third-order valence-electron chi connectivity index (χ3n) is 2.97. The Labute approximate surface area is 130 Å². The molecule has 5 heteroatoms. The average molecular weight is 395 g/mol. The van der Waals surface area contributed by atoms with Crippen molar-refractivity contribution in [2.24, 2.45) is 0 Å². The summed E-state index contributed by atoms with van der Waals surface area (Å²) < 4.78 is 27.7. The molecule has 3 nitrogen and oxygen atoms in total. The zero-order valence-corrected chi connectivity index (χ0v) is 14.3. The molecule has 0 amide bonds. The molecule has 0 saturated heterocycles. The summed E-state index contributed by atoms with van der Waals surface area (Å²) in [5.41, 5.74) is 1.07. The van der Waals surface area contributed by atoms with Crippen LogP contribution in [0, 0.1) is 0 Å². The molecule has 0 aliphatic heterocycles. The Morgan fingerprint density at radius 2 is 1.84 bits per heavy atom. The number of alkyl halides is 1. The number of nitrogens with one attached hydrogen (secondary N) is 1. The summed E-state index contributed by atoms with van der Waals surface area (Å²) in [6, 6.07) is 9.77. The Kier molecular flexibility index (Phi) is 7.94. The van der Waals surface area contributed by atoms with E-state index in [1.165, 1.54) is 0 Å². The van der Waals surface area contributed by atoms with Gasteiger partial charge in [-0.3, -0.25) is 0 Å².